The van der Waals surface area contributed by atoms with Crippen LogP contribution in [0.3, 0.4) is 0 Å². The molecule has 1 N–H and O–H groups in total. The van der Waals surface area contributed by atoms with E-state index in [2.05, 4.69) is 61.4 Å². The van der Waals surface area contributed by atoms with Crippen molar-refractivity contribution in [3.8, 4) is 0 Å². The Balaban J connectivity index is 1.83. The highest BCUT2D eigenvalue weighted by atomic mass is 15.1. The Kier molecular flexibility index (Phi) is 4.83. The second-order valence-corrected chi connectivity index (χ2v) is 6.01. The van der Waals surface area contributed by atoms with Gasteiger partial charge in [-0.1, -0.05) is 12.1 Å². The van der Waals surface area contributed by atoms with Gasteiger partial charge in [0.15, 0.2) is 0 Å². The summed E-state index contributed by atoms with van der Waals surface area (Å²) in [7, 11) is 6.43. The van der Waals surface area contributed by atoms with Crippen molar-refractivity contribution in [1.29, 1.82) is 0 Å². The fourth-order valence-electron chi connectivity index (χ4n) is 2.58. The molecule has 0 radical (unpaired) electrons. The van der Waals surface area contributed by atoms with Crippen LogP contribution >= 0.6 is 0 Å². The summed E-state index contributed by atoms with van der Waals surface area (Å²) in [6, 6.07) is 7.46. The minimum atomic E-state index is 0.568. The Morgan fingerprint density at radius 3 is 2.89 bits per heavy atom. The van der Waals surface area contributed by atoms with Gasteiger partial charge in [-0.25, -0.2) is 0 Å². The lowest BCUT2D eigenvalue weighted by atomic mass is 10.1. The second-order valence-electron chi connectivity index (χ2n) is 6.01. The first-order valence-corrected chi connectivity index (χ1v) is 7.27. The third-order valence-electron chi connectivity index (χ3n) is 3.94. The Hall–Kier alpha value is -1.06. The number of benzene rings is 1. The van der Waals surface area contributed by atoms with Crippen LogP contribution in [0.2, 0.25) is 0 Å². The molecule has 19 heavy (non-hydrogen) atoms. The fraction of sp³-hybridized carbons (Fsp3) is 0.625. The quantitative estimate of drug-likeness (QED) is 0.846. The Morgan fingerprint density at radius 2 is 2.16 bits per heavy atom. The summed E-state index contributed by atoms with van der Waals surface area (Å²) in [5.74, 6) is 0. The highest BCUT2D eigenvalue weighted by molar-refractivity contribution is 5.58. The lowest BCUT2D eigenvalue weighted by Crippen LogP contribution is -2.29. The first-order chi connectivity index (χ1) is 9.06. The molecule has 2 rings (SSSR count). The van der Waals surface area contributed by atoms with Crippen LogP contribution in [0.25, 0.3) is 0 Å². The zero-order valence-electron chi connectivity index (χ0n) is 12.7. The molecule has 1 aromatic carbocycles. The van der Waals surface area contributed by atoms with Gasteiger partial charge >= 0.3 is 0 Å². The molecule has 0 spiro atoms. The van der Waals surface area contributed by atoms with E-state index < -0.39 is 0 Å². The second kappa shape index (κ2) is 6.40. The van der Waals surface area contributed by atoms with E-state index >= 15 is 0 Å². The maximum atomic E-state index is 3.62. The van der Waals surface area contributed by atoms with Gasteiger partial charge in [-0.05, 0) is 57.6 Å². The third-order valence-corrected chi connectivity index (χ3v) is 3.94. The SMILES string of the molecule is CC(CCN(C)C)NCc1ccc2c(c1)CCN2C. The Morgan fingerprint density at radius 1 is 1.37 bits per heavy atom. The average Bonchev–Trinajstić information content (AvgIpc) is 2.75. The number of fused-ring (bicyclic) bond motifs is 1. The molecule has 1 atom stereocenters. The molecule has 106 valence electrons. The van der Waals surface area contributed by atoms with Gasteiger partial charge < -0.3 is 15.1 Å². The molecule has 1 aliphatic heterocycles. The zero-order chi connectivity index (χ0) is 13.8. The minimum absolute atomic E-state index is 0.568. The number of nitrogens with one attached hydrogen (secondary N) is 1. The van der Waals surface area contributed by atoms with Gasteiger partial charge in [0.05, 0.1) is 0 Å². The molecule has 0 bridgehead atoms. The van der Waals surface area contributed by atoms with Gasteiger partial charge in [0.1, 0.15) is 0 Å². The van der Waals surface area contributed by atoms with Gasteiger partial charge in [0, 0.05) is 31.9 Å². The summed E-state index contributed by atoms with van der Waals surface area (Å²) in [4.78, 5) is 4.58. The standard InChI is InChI=1S/C16H27N3/c1-13(7-9-18(2)3)17-12-14-5-6-16-15(11-14)8-10-19(16)4/h5-6,11,13,17H,7-10,12H2,1-4H3. The van der Waals surface area contributed by atoms with Crippen LogP contribution in [0.15, 0.2) is 18.2 Å². The number of likely N-dealkylation sites (N-methyl/N-ethyl adjacent to an activating group) is 1. The number of hydrogen-bond acceptors (Lipinski definition) is 3. The van der Waals surface area contributed by atoms with E-state index in [9.17, 15) is 0 Å². The first kappa shape index (κ1) is 14.4. The summed E-state index contributed by atoms with van der Waals surface area (Å²) in [6.07, 6.45) is 2.39. The Bertz CT molecular complexity index is 414. The summed E-state index contributed by atoms with van der Waals surface area (Å²) in [5.41, 5.74) is 4.32. The molecule has 3 nitrogen and oxygen atoms in total. The van der Waals surface area contributed by atoms with Crippen molar-refractivity contribution in [3.05, 3.63) is 29.3 Å². The molecule has 0 saturated heterocycles. The number of anilines is 1. The van der Waals surface area contributed by atoms with Crippen molar-refractivity contribution in [2.24, 2.45) is 0 Å². The van der Waals surface area contributed by atoms with E-state index in [-0.39, 0.29) is 0 Å². The summed E-state index contributed by atoms with van der Waals surface area (Å²) >= 11 is 0. The lowest BCUT2D eigenvalue weighted by Gasteiger charge is -2.17. The van der Waals surface area contributed by atoms with Crippen molar-refractivity contribution in [2.45, 2.75) is 32.4 Å². The van der Waals surface area contributed by atoms with Crippen LogP contribution in [0, 0.1) is 0 Å². The van der Waals surface area contributed by atoms with Crippen molar-refractivity contribution < 1.29 is 0 Å². The molecule has 0 amide bonds. The van der Waals surface area contributed by atoms with Crippen LogP contribution in [0.1, 0.15) is 24.5 Å². The fourth-order valence-corrected chi connectivity index (χ4v) is 2.58. The lowest BCUT2D eigenvalue weighted by molar-refractivity contribution is 0.365. The van der Waals surface area contributed by atoms with Crippen LogP contribution in [-0.4, -0.2) is 45.2 Å². The predicted octanol–water partition coefficient (Wildman–Crippen LogP) is 2.11. The molecule has 0 saturated carbocycles. The molecule has 1 aliphatic rings. The molecular formula is C16H27N3. The van der Waals surface area contributed by atoms with Crippen molar-refractivity contribution in [1.82, 2.24) is 10.2 Å². The maximum Gasteiger partial charge on any atom is 0.0397 e. The van der Waals surface area contributed by atoms with Crippen molar-refractivity contribution in [2.75, 3.05) is 39.1 Å². The summed E-state index contributed by atoms with van der Waals surface area (Å²) in [6.45, 7) is 5.55. The van der Waals surface area contributed by atoms with Crippen LogP contribution in [0.4, 0.5) is 5.69 Å². The van der Waals surface area contributed by atoms with E-state index in [0.717, 1.165) is 19.6 Å². The smallest absolute Gasteiger partial charge is 0.0397 e. The summed E-state index contributed by atoms with van der Waals surface area (Å²) in [5, 5.41) is 3.62. The van der Waals surface area contributed by atoms with E-state index in [0.29, 0.717) is 6.04 Å². The molecule has 0 fully saturated rings. The summed E-state index contributed by atoms with van der Waals surface area (Å²) < 4.78 is 0. The normalized spacial score (nSPS) is 15.9. The monoisotopic (exact) mass is 261 g/mol. The van der Waals surface area contributed by atoms with Crippen LogP contribution in [-0.2, 0) is 13.0 Å². The van der Waals surface area contributed by atoms with Gasteiger partial charge in [0.2, 0.25) is 0 Å². The van der Waals surface area contributed by atoms with Crippen LogP contribution < -0.4 is 10.2 Å². The first-order valence-electron chi connectivity index (χ1n) is 7.27. The maximum absolute atomic E-state index is 3.62. The van der Waals surface area contributed by atoms with E-state index in [4.69, 9.17) is 0 Å². The molecule has 1 unspecified atom stereocenters. The minimum Gasteiger partial charge on any atom is -0.374 e. The van der Waals surface area contributed by atoms with E-state index in [1.54, 1.807) is 0 Å². The van der Waals surface area contributed by atoms with Crippen LogP contribution in [0.5, 0.6) is 0 Å². The molecule has 0 aliphatic carbocycles. The van der Waals surface area contributed by atoms with E-state index in [1.165, 1.54) is 29.7 Å². The van der Waals surface area contributed by atoms with Crippen molar-refractivity contribution in [3.63, 3.8) is 0 Å². The number of hydrogen-bond donors (Lipinski definition) is 1. The number of nitrogens with zero attached hydrogens (tertiary/aromatic N) is 2. The molecule has 1 heterocycles. The highest BCUT2D eigenvalue weighted by Crippen LogP contribution is 2.27. The highest BCUT2D eigenvalue weighted by Gasteiger charge is 2.15. The molecular weight excluding hydrogens is 234 g/mol. The Labute approximate surface area is 117 Å². The van der Waals surface area contributed by atoms with Crippen molar-refractivity contribution >= 4 is 5.69 Å². The van der Waals surface area contributed by atoms with Gasteiger partial charge in [0.25, 0.3) is 0 Å². The largest absolute Gasteiger partial charge is 0.374 e. The molecule has 1 aromatic rings. The number of rotatable bonds is 6. The average molecular weight is 261 g/mol. The third kappa shape index (κ3) is 3.95. The zero-order valence-corrected chi connectivity index (χ0v) is 12.7. The van der Waals surface area contributed by atoms with Gasteiger partial charge in [-0.15, -0.1) is 0 Å². The van der Waals surface area contributed by atoms with Gasteiger partial charge in [-0.2, -0.15) is 0 Å². The topological polar surface area (TPSA) is 18.5 Å². The van der Waals surface area contributed by atoms with Gasteiger partial charge in [-0.3, -0.25) is 0 Å². The predicted molar refractivity (Wildman–Crippen MR) is 82.9 cm³/mol. The molecule has 3 heteroatoms. The molecule has 0 aromatic heterocycles. The van der Waals surface area contributed by atoms with E-state index in [1.807, 2.05) is 0 Å².